The van der Waals surface area contributed by atoms with Gasteiger partial charge in [0.15, 0.2) is 11.4 Å². The van der Waals surface area contributed by atoms with Crippen molar-refractivity contribution in [1.82, 2.24) is 0 Å². The first-order valence-electron chi connectivity index (χ1n) is 6.53. The standard InChI is InChI=1S/C16H11ClFNO3/c17-10-3-1-9(2-4-10)14(20)8-16(22)12-7-11(18)5-6-13(12)19-15(16)21/h1-7,22H,8H2,(H,19,21)/t16-/m1/s1. The van der Waals surface area contributed by atoms with Crippen molar-refractivity contribution >= 4 is 29.0 Å². The first kappa shape index (κ1) is 14.7. The number of amides is 1. The maximum atomic E-state index is 13.4. The summed E-state index contributed by atoms with van der Waals surface area (Å²) in [6.45, 7) is 0. The Kier molecular flexibility index (Phi) is 3.47. The van der Waals surface area contributed by atoms with Gasteiger partial charge in [-0.2, -0.15) is 0 Å². The highest BCUT2D eigenvalue weighted by Gasteiger charge is 2.47. The van der Waals surface area contributed by atoms with Gasteiger partial charge in [0.25, 0.3) is 5.91 Å². The van der Waals surface area contributed by atoms with Gasteiger partial charge in [-0.3, -0.25) is 9.59 Å². The van der Waals surface area contributed by atoms with E-state index in [1.54, 1.807) is 12.1 Å². The quantitative estimate of drug-likeness (QED) is 0.855. The number of rotatable bonds is 3. The van der Waals surface area contributed by atoms with Gasteiger partial charge < -0.3 is 10.4 Å². The number of fused-ring (bicyclic) bond motifs is 1. The van der Waals surface area contributed by atoms with E-state index in [2.05, 4.69) is 5.32 Å². The molecule has 6 heteroatoms. The van der Waals surface area contributed by atoms with E-state index in [9.17, 15) is 19.1 Å². The second-order valence-electron chi connectivity index (χ2n) is 5.11. The van der Waals surface area contributed by atoms with E-state index >= 15 is 0 Å². The lowest BCUT2D eigenvalue weighted by molar-refractivity contribution is -0.133. The Balaban J connectivity index is 1.94. The fraction of sp³-hybridized carbons (Fsp3) is 0.125. The Morgan fingerprint density at radius 3 is 2.59 bits per heavy atom. The maximum absolute atomic E-state index is 13.4. The summed E-state index contributed by atoms with van der Waals surface area (Å²) in [5.41, 5.74) is -1.39. The molecular formula is C16H11ClFNO3. The molecular weight excluding hydrogens is 309 g/mol. The lowest BCUT2D eigenvalue weighted by Crippen LogP contribution is -2.36. The Hall–Kier alpha value is -2.24. The van der Waals surface area contributed by atoms with Crippen LogP contribution >= 0.6 is 11.6 Å². The van der Waals surface area contributed by atoms with E-state index in [1.807, 2.05) is 0 Å². The third-order valence-corrected chi connectivity index (χ3v) is 3.89. The summed E-state index contributed by atoms with van der Waals surface area (Å²) in [4.78, 5) is 24.3. The second-order valence-corrected chi connectivity index (χ2v) is 5.55. The smallest absolute Gasteiger partial charge is 0.261 e. The number of aliphatic hydroxyl groups is 1. The molecule has 2 aromatic rings. The Labute approximate surface area is 130 Å². The van der Waals surface area contributed by atoms with Crippen LogP contribution in [0.25, 0.3) is 0 Å². The molecule has 0 fully saturated rings. The zero-order valence-corrected chi connectivity index (χ0v) is 12.0. The average Bonchev–Trinajstić information content (AvgIpc) is 2.71. The van der Waals surface area contributed by atoms with Crippen LogP contribution in [0.15, 0.2) is 42.5 Å². The van der Waals surface area contributed by atoms with Crippen molar-refractivity contribution in [2.45, 2.75) is 12.0 Å². The molecule has 2 aromatic carbocycles. The lowest BCUT2D eigenvalue weighted by Gasteiger charge is -2.20. The number of benzene rings is 2. The van der Waals surface area contributed by atoms with E-state index in [1.165, 1.54) is 24.3 Å². The van der Waals surface area contributed by atoms with Crippen LogP contribution in [0.3, 0.4) is 0 Å². The third-order valence-electron chi connectivity index (χ3n) is 3.63. The SMILES string of the molecule is O=C(C[C@]1(O)C(=O)Nc2ccc(F)cc21)c1ccc(Cl)cc1. The molecule has 0 bridgehead atoms. The second kappa shape index (κ2) is 5.19. The van der Waals surface area contributed by atoms with Crippen LogP contribution in [0.4, 0.5) is 10.1 Å². The zero-order valence-electron chi connectivity index (χ0n) is 11.3. The number of nitrogens with one attached hydrogen (secondary N) is 1. The molecule has 1 aliphatic heterocycles. The van der Waals surface area contributed by atoms with Gasteiger partial charge in [0, 0.05) is 21.8 Å². The van der Waals surface area contributed by atoms with E-state index in [-0.39, 0.29) is 5.56 Å². The highest BCUT2D eigenvalue weighted by Crippen LogP contribution is 2.39. The molecule has 22 heavy (non-hydrogen) atoms. The summed E-state index contributed by atoms with van der Waals surface area (Å²) in [6.07, 6.45) is -0.475. The summed E-state index contributed by atoms with van der Waals surface area (Å²) in [5.74, 6) is -1.77. The summed E-state index contributed by atoms with van der Waals surface area (Å²) < 4.78 is 13.4. The van der Waals surface area contributed by atoms with E-state index in [0.29, 0.717) is 16.3 Å². The van der Waals surface area contributed by atoms with Crippen molar-refractivity contribution in [3.05, 3.63) is 64.4 Å². The van der Waals surface area contributed by atoms with Crippen LogP contribution in [0.1, 0.15) is 22.3 Å². The van der Waals surface area contributed by atoms with Gasteiger partial charge in [0.05, 0.1) is 6.42 Å². The van der Waals surface area contributed by atoms with Gasteiger partial charge in [-0.15, -0.1) is 0 Å². The first-order valence-corrected chi connectivity index (χ1v) is 6.90. The number of hydrogen-bond acceptors (Lipinski definition) is 3. The summed E-state index contributed by atoms with van der Waals surface area (Å²) in [7, 11) is 0. The number of halogens is 2. The molecule has 1 heterocycles. The molecule has 2 N–H and O–H groups in total. The minimum atomic E-state index is -2.08. The van der Waals surface area contributed by atoms with Gasteiger partial charge in [-0.1, -0.05) is 11.6 Å². The topological polar surface area (TPSA) is 66.4 Å². The molecule has 1 atom stereocenters. The van der Waals surface area contributed by atoms with Crippen molar-refractivity contribution in [2.75, 3.05) is 5.32 Å². The highest BCUT2D eigenvalue weighted by atomic mass is 35.5. The number of anilines is 1. The average molecular weight is 320 g/mol. The van der Waals surface area contributed by atoms with Gasteiger partial charge >= 0.3 is 0 Å². The Morgan fingerprint density at radius 2 is 1.91 bits per heavy atom. The summed E-state index contributed by atoms with van der Waals surface area (Å²) >= 11 is 5.76. The molecule has 0 spiro atoms. The molecule has 0 aromatic heterocycles. The van der Waals surface area contributed by atoms with Gasteiger partial charge in [-0.05, 0) is 42.5 Å². The van der Waals surface area contributed by atoms with E-state index < -0.39 is 29.5 Å². The van der Waals surface area contributed by atoms with Crippen molar-refractivity contribution < 1.29 is 19.1 Å². The predicted octanol–water partition coefficient (Wildman–Crippen LogP) is 2.89. The van der Waals surface area contributed by atoms with Crippen LogP contribution in [0.2, 0.25) is 5.02 Å². The molecule has 3 rings (SSSR count). The van der Waals surface area contributed by atoms with Gasteiger partial charge in [0.1, 0.15) is 5.82 Å². The van der Waals surface area contributed by atoms with E-state index in [0.717, 1.165) is 6.07 Å². The van der Waals surface area contributed by atoms with Crippen LogP contribution in [0.5, 0.6) is 0 Å². The minimum Gasteiger partial charge on any atom is -0.375 e. The zero-order chi connectivity index (χ0) is 15.9. The molecule has 1 aliphatic rings. The third kappa shape index (κ3) is 2.38. The molecule has 0 saturated heterocycles. The number of hydrogen-bond donors (Lipinski definition) is 2. The fourth-order valence-corrected chi connectivity index (χ4v) is 2.59. The summed E-state index contributed by atoms with van der Waals surface area (Å²) in [6, 6.07) is 9.69. The number of carbonyl (C=O) groups is 2. The molecule has 112 valence electrons. The number of Topliss-reactive ketones (excluding diaryl/α,β-unsaturated/α-hetero) is 1. The largest absolute Gasteiger partial charge is 0.375 e. The molecule has 4 nitrogen and oxygen atoms in total. The van der Waals surface area contributed by atoms with Crippen molar-refractivity contribution in [2.24, 2.45) is 0 Å². The van der Waals surface area contributed by atoms with Gasteiger partial charge in [-0.25, -0.2) is 4.39 Å². The minimum absolute atomic E-state index is 0.0693. The first-order chi connectivity index (χ1) is 10.4. The Morgan fingerprint density at radius 1 is 1.23 bits per heavy atom. The molecule has 1 amide bonds. The Bertz CT molecular complexity index is 775. The van der Waals surface area contributed by atoms with Crippen LogP contribution in [-0.2, 0) is 10.4 Å². The molecule has 0 unspecified atom stereocenters. The van der Waals surface area contributed by atoms with Gasteiger partial charge in [0.2, 0.25) is 0 Å². The normalized spacial score (nSPS) is 19.7. The maximum Gasteiger partial charge on any atom is 0.261 e. The van der Waals surface area contributed by atoms with E-state index in [4.69, 9.17) is 11.6 Å². The lowest BCUT2D eigenvalue weighted by atomic mass is 9.88. The number of carbonyl (C=O) groups excluding carboxylic acids is 2. The molecule has 0 radical (unpaired) electrons. The fourth-order valence-electron chi connectivity index (χ4n) is 2.46. The molecule has 0 saturated carbocycles. The highest BCUT2D eigenvalue weighted by molar-refractivity contribution is 6.30. The number of ketones is 1. The van der Waals surface area contributed by atoms with Crippen molar-refractivity contribution in [3.63, 3.8) is 0 Å². The predicted molar refractivity (Wildman–Crippen MR) is 79.3 cm³/mol. The summed E-state index contributed by atoms with van der Waals surface area (Å²) in [5, 5.41) is 13.5. The van der Waals surface area contributed by atoms with Crippen LogP contribution < -0.4 is 5.32 Å². The van der Waals surface area contributed by atoms with Crippen LogP contribution in [0, 0.1) is 5.82 Å². The van der Waals surface area contributed by atoms with Crippen molar-refractivity contribution in [1.29, 1.82) is 0 Å². The monoisotopic (exact) mass is 319 g/mol. The van der Waals surface area contributed by atoms with Crippen molar-refractivity contribution in [3.8, 4) is 0 Å². The van der Waals surface area contributed by atoms with Crippen LogP contribution in [-0.4, -0.2) is 16.8 Å². The molecule has 0 aliphatic carbocycles.